The number of carbonyl (C=O) groups is 2. The molecule has 6 rings (SSSR count). The molecular formula is C23H21NO5. The Balaban J connectivity index is 1.50. The molecular weight excluding hydrogens is 370 g/mol. The highest BCUT2D eigenvalue weighted by Gasteiger charge is 3.01. The first-order chi connectivity index (χ1) is 14.1. The number of carbonyl (C=O) groups excluding carboxylic acids is 2. The van der Waals surface area contributed by atoms with Gasteiger partial charge in [0.15, 0.2) is 11.1 Å². The molecule has 1 saturated carbocycles. The summed E-state index contributed by atoms with van der Waals surface area (Å²) in [6.07, 6.45) is -0.419. The molecule has 6 unspecified atom stereocenters. The molecule has 6 nitrogen and oxygen atoms in total. The predicted molar refractivity (Wildman–Crippen MR) is 101 cm³/mol. The molecule has 0 aromatic heterocycles. The number of hydrogen-bond donors (Lipinski definition) is 0. The average Bonchev–Trinajstić information content (AvgIpc) is 3.02. The maximum Gasteiger partial charge on any atom is 0.329 e. The van der Waals surface area contributed by atoms with Crippen molar-refractivity contribution in [3.63, 3.8) is 0 Å². The Labute approximate surface area is 168 Å². The topological polar surface area (TPSA) is 64.8 Å². The molecule has 0 N–H and O–H groups in total. The fourth-order valence-electron chi connectivity index (χ4n) is 6.58. The van der Waals surface area contributed by atoms with Gasteiger partial charge in [-0.15, -0.1) is 0 Å². The van der Waals surface area contributed by atoms with E-state index < -0.39 is 11.1 Å². The largest absolute Gasteiger partial charge is 0.468 e. The number of likely N-dealkylation sites (tertiary alicyclic amines) is 1. The van der Waals surface area contributed by atoms with Gasteiger partial charge in [0.1, 0.15) is 0 Å². The zero-order valence-corrected chi connectivity index (χ0v) is 16.2. The van der Waals surface area contributed by atoms with Crippen molar-refractivity contribution in [1.29, 1.82) is 0 Å². The smallest absolute Gasteiger partial charge is 0.329 e. The molecule has 148 valence electrons. The lowest BCUT2D eigenvalue weighted by Crippen LogP contribution is -2.64. The molecule has 2 bridgehead atoms. The summed E-state index contributed by atoms with van der Waals surface area (Å²) in [5.41, 5.74) is 1.20. The molecule has 3 fully saturated rings. The number of nitrogens with zero attached hydrogens (tertiary/aromatic N) is 1. The molecule has 1 aliphatic carbocycles. The number of benzene rings is 2. The number of ether oxygens (including phenoxy) is 3. The first-order valence-corrected chi connectivity index (χ1v) is 9.86. The van der Waals surface area contributed by atoms with Gasteiger partial charge in [-0.1, -0.05) is 54.6 Å². The van der Waals surface area contributed by atoms with Crippen LogP contribution in [0.4, 0.5) is 0 Å². The van der Waals surface area contributed by atoms with Gasteiger partial charge in [0.2, 0.25) is 0 Å². The molecule has 0 radical (unpaired) electrons. The second kappa shape index (κ2) is 5.46. The van der Waals surface area contributed by atoms with E-state index in [4.69, 9.17) is 14.2 Å². The summed E-state index contributed by atoms with van der Waals surface area (Å²) in [4.78, 5) is 28.4. The van der Waals surface area contributed by atoms with E-state index in [9.17, 15) is 9.59 Å². The Bertz CT molecular complexity index is 978. The van der Waals surface area contributed by atoms with Crippen molar-refractivity contribution in [2.24, 2.45) is 11.8 Å². The Kier molecular flexibility index (Phi) is 3.24. The van der Waals surface area contributed by atoms with E-state index in [-0.39, 0.29) is 36.0 Å². The normalized spacial score (nSPS) is 39.6. The number of fused-ring (bicyclic) bond motifs is 11. The van der Waals surface area contributed by atoms with E-state index in [1.807, 2.05) is 47.4 Å². The van der Waals surface area contributed by atoms with Crippen LogP contribution in [0.3, 0.4) is 0 Å². The molecule has 0 amide bonds. The average molecular weight is 391 g/mol. The van der Waals surface area contributed by atoms with E-state index in [0.29, 0.717) is 6.54 Å². The second-order valence-electron chi connectivity index (χ2n) is 8.25. The fraction of sp³-hybridized carbons (Fsp3) is 0.391. The Morgan fingerprint density at radius 2 is 1.34 bits per heavy atom. The molecule has 2 saturated heterocycles. The number of hydrogen-bond acceptors (Lipinski definition) is 6. The molecule has 0 spiro atoms. The number of esters is 2. The SMILES string of the molecule is COC(=O)C12C3C4OC(c5ccccc54)C3C1(C(=O)OC)N2Cc1ccccc1. The predicted octanol–water partition coefficient (Wildman–Crippen LogP) is 2.40. The molecule has 2 aromatic carbocycles. The summed E-state index contributed by atoms with van der Waals surface area (Å²) in [6.45, 7) is 0.480. The maximum absolute atomic E-state index is 13.2. The van der Waals surface area contributed by atoms with Crippen LogP contribution in [-0.4, -0.2) is 42.1 Å². The quantitative estimate of drug-likeness (QED) is 0.453. The third-order valence-electron chi connectivity index (χ3n) is 7.47. The lowest BCUT2D eigenvalue weighted by molar-refractivity contribution is -0.162. The zero-order chi connectivity index (χ0) is 20.0. The summed E-state index contributed by atoms with van der Waals surface area (Å²) in [5.74, 6) is -1.02. The zero-order valence-electron chi connectivity index (χ0n) is 16.2. The van der Waals surface area contributed by atoms with Crippen molar-refractivity contribution in [2.45, 2.75) is 29.8 Å². The van der Waals surface area contributed by atoms with Crippen LogP contribution in [0.15, 0.2) is 54.6 Å². The van der Waals surface area contributed by atoms with Crippen molar-refractivity contribution < 1.29 is 23.8 Å². The summed E-state index contributed by atoms with van der Waals surface area (Å²) >= 11 is 0. The maximum atomic E-state index is 13.2. The lowest BCUT2D eigenvalue weighted by Gasteiger charge is -2.45. The van der Waals surface area contributed by atoms with Gasteiger partial charge < -0.3 is 14.2 Å². The first kappa shape index (κ1) is 17.2. The Morgan fingerprint density at radius 3 is 1.83 bits per heavy atom. The Morgan fingerprint density at radius 1 is 0.862 bits per heavy atom. The van der Waals surface area contributed by atoms with Crippen LogP contribution in [-0.2, 0) is 30.3 Å². The number of methoxy groups -OCH3 is 2. The Hall–Kier alpha value is -2.70. The van der Waals surface area contributed by atoms with Crippen LogP contribution in [0.2, 0.25) is 0 Å². The van der Waals surface area contributed by atoms with Gasteiger partial charge in [-0.2, -0.15) is 0 Å². The van der Waals surface area contributed by atoms with Crippen LogP contribution in [0.1, 0.15) is 28.9 Å². The molecule has 29 heavy (non-hydrogen) atoms. The first-order valence-electron chi connectivity index (χ1n) is 9.86. The van der Waals surface area contributed by atoms with Gasteiger partial charge in [-0.25, -0.2) is 9.59 Å². The van der Waals surface area contributed by atoms with Gasteiger partial charge in [-0.3, -0.25) is 4.90 Å². The van der Waals surface area contributed by atoms with Gasteiger partial charge in [0, 0.05) is 18.4 Å². The minimum absolute atomic E-state index is 0.127. The minimum atomic E-state index is -1.04. The molecule has 3 aliphatic heterocycles. The molecule has 6 heteroatoms. The molecule has 3 heterocycles. The minimum Gasteiger partial charge on any atom is -0.468 e. The van der Waals surface area contributed by atoms with E-state index in [2.05, 4.69) is 12.1 Å². The van der Waals surface area contributed by atoms with Crippen LogP contribution in [0.5, 0.6) is 0 Å². The van der Waals surface area contributed by atoms with Gasteiger partial charge in [0.25, 0.3) is 0 Å². The van der Waals surface area contributed by atoms with Crippen molar-refractivity contribution in [3.8, 4) is 0 Å². The summed E-state index contributed by atoms with van der Waals surface area (Å²) in [5, 5.41) is 0. The van der Waals surface area contributed by atoms with Gasteiger partial charge >= 0.3 is 11.9 Å². The summed E-state index contributed by atoms with van der Waals surface area (Å²) in [6, 6.07) is 18.0. The van der Waals surface area contributed by atoms with Crippen molar-refractivity contribution in [3.05, 3.63) is 71.3 Å². The summed E-state index contributed by atoms with van der Waals surface area (Å²) < 4.78 is 16.8. The standard InChI is InChI=1S/C23H21NO5/c1-27-20(25)22-16-17(19-15-11-7-6-10-14(15)18(16)29-19)23(22,21(26)28-2)24(22)12-13-8-4-3-5-9-13/h3-11,16-19H,12H2,1-2H3. The van der Waals surface area contributed by atoms with Crippen molar-refractivity contribution in [2.75, 3.05) is 14.2 Å². The summed E-state index contributed by atoms with van der Waals surface area (Å²) in [7, 11) is 2.76. The molecule has 6 atom stereocenters. The van der Waals surface area contributed by atoms with Crippen molar-refractivity contribution in [1.82, 2.24) is 4.90 Å². The highest BCUT2D eigenvalue weighted by Crippen LogP contribution is 2.84. The monoisotopic (exact) mass is 391 g/mol. The lowest BCUT2D eigenvalue weighted by atomic mass is 9.51. The van der Waals surface area contributed by atoms with Crippen LogP contribution < -0.4 is 0 Å². The third kappa shape index (κ3) is 1.65. The van der Waals surface area contributed by atoms with Gasteiger partial charge in [-0.05, 0) is 16.7 Å². The van der Waals surface area contributed by atoms with E-state index in [1.165, 1.54) is 14.2 Å². The fourth-order valence-corrected chi connectivity index (χ4v) is 6.58. The van der Waals surface area contributed by atoms with Crippen molar-refractivity contribution >= 4 is 11.9 Å². The van der Waals surface area contributed by atoms with Crippen LogP contribution in [0.25, 0.3) is 0 Å². The second-order valence-corrected chi connectivity index (χ2v) is 8.25. The molecule has 2 aromatic rings. The van der Waals surface area contributed by atoms with Crippen LogP contribution in [0, 0.1) is 11.8 Å². The molecule has 4 aliphatic rings. The van der Waals surface area contributed by atoms with E-state index in [0.717, 1.165) is 16.7 Å². The van der Waals surface area contributed by atoms with E-state index in [1.54, 1.807) is 0 Å². The third-order valence-corrected chi connectivity index (χ3v) is 7.47. The van der Waals surface area contributed by atoms with Crippen LogP contribution >= 0.6 is 0 Å². The highest BCUT2D eigenvalue weighted by molar-refractivity contribution is 6.06. The van der Waals surface area contributed by atoms with Gasteiger partial charge in [0.05, 0.1) is 26.4 Å². The highest BCUT2D eigenvalue weighted by atomic mass is 16.5. The number of rotatable bonds is 4. The van der Waals surface area contributed by atoms with E-state index >= 15 is 0 Å².